The standard InChI is InChI=1S/C19H23N5O3/c25-17-8-7-16(22-24(17)19-20-9-10-21-19)14-3-5-15(6-4-14)27-13-18(26)23-11-1-2-12-23/h3-6H,1-2,7-13H2,(H,20,21). The summed E-state index contributed by atoms with van der Waals surface area (Å²) in [4.78, 5) is 30.3. The van der Waals surface area contributed by atoms with E-state index < -0.39 is 0 Å². The lowest BCUT2D eigenvalue weighted by Crippen LogP contribution is -2.42. The Morgan fingerprint density at radius 1 is 1.15 bits per heavy atom. The number of ether oxygens (including phenoxy) is 1. The quantitative estimate of drug-likeness (QED) is 0.857. The summed E-state index contributed by atoms with van der Waals surface area (Å²) in [6.07, 6.45) is 3.15. The summed E-state index contributed by atoms with van der Waals surface area (Å²) in [5.41, 5.74) is 1.77. The van der Waals surface area contributed by atoms with Gasteiger partial charge in [0.1, 0.15) is 5.75 Å². The van der Waals surface area contributed by atoms with Crippen LogP contribution in [0.1, 0.15) is 31.2 Å². The van der Waals surface area contributed by atoms with Crippen molar-refractivity contribution in [3.63, 3.8) is 0 Å². The molecule has 27 heavy (non-hydrogen) atoms. The van der Waals surface area contributed by atoms with Crippen LogP contribution in [0.5, 0.6) is 5.75 Å². The largest absolute Gasteiger partial charge is 0.484 e. The van der Waals surface area contributed by atoms with Crippen LogP contribution in [0.4, 0.5) is 0 Å². The molecule has 142 valence electrons. The van der Waals surface area contributed by atoms with E-state index in [1.54, 1.807) is 0 Å². The predicted molar refractivity (Wildman–Crippen MR) is 101 cm³/mol. The molecule has 4 rings (SSSR count). The van der Waals surface area contributed by atoms with Gasteiger partial charge in [-0.25, -0.2) is 4.99 Å². The van der Waals surface area contributed by atoms with Crippen LogP contribution in [-0.4, -0.2) is 66.2 Å². The molecule has 8 heteroatoms. The van der Waals surface area contributed by atoms with Gasteiger partial charge >= 0.3 is 0 Å². The van der Waals surface area contributed by atoms with Gasteiger partial charge in [0.05, 0.1) is 12.3 Å². The fourth-order valence-corrected chi connectivity index (χ4v) is 3.40. The van der Waals surface area contributed by atoms with E-state index in [9.17, 15) is 9.59 Å². The van der Waals surface area contributed by atoms with Crippen LogP contribution in [0.15, 0.2) is 34.4 Å². The Labute approximate surface area is 157 Å². The molecule has 1 aromatic carbocycles. The average Bonchev–Trinajstić information content (AvgIpc) is 3.41. The second-order valence-electron chi connectivity index (χ2n) is 6.79. The number of likely N-dealkylation sites (tertiary alicyclic amines) is 1. The van der Waals surface area contributed by atoms with E-state index in [0.29, 0.717) is 31.1 Å². The van der Waals surface area contributed by atoms with Crippen LogP contribution in [-0.2, 0) is 9.59 Å². The topological polar surface area (TPSA) is 86.6 Å². The van der Waals surface area contributed by atoms with E-state index in [2.05, 4.69) is 15.4 Å². The summed E-state index contributed by atoms with van der Waals surface area (Å²) in [5.74, 6) is 1.16. The minimum absolute atomic E-state index is 0.0345. The number of carbonyl (C=O) groups excluding carboxylic acids is 2. The van der Waals surface area contributed by atoms with Crippen molar-refractivity contribution in [1.29, 1.82) is 0 Å². The zero-order valence-corrected chi connectivity index (χ0v) is 15.2. The Bertz CT molecular complexity index is 781. The molecule has 2 amide bonds. The fraction of sp³-hybridized carbons (Fsp3) is 0.474. The van der Waals surface area contributed by atoms with Gasteiger partial charge in [0.15, 0.2) is 6.61 Å². The van der Waals surface area contributed by atoms with Crippen molar-refractivity contribution in [2.24, 2.45) is 10.1 Å². The normalized spacial score (nSPS) is 19.6. The number of benzene rings is 1. The van der Waals surface area contributed by atoms with E-state index in [1.165, 1.54) is 5.01 Å². The van der Waals surface area contributed by atoms with Gasteiger partial charge in [0, 0.05) is 32.5 Å². The number of nitrogens with zero attached hydrogens (tertiary/aromatic N) is 4. The highest BCUT2D eigenvalue weighted by Gasteiger charge is 2.26. The predicted octanol–water partition coefficient (Wildman–Crippen LogP) is 0.973. The minimum atomic E-state index is -0.0488. The van der Waals surface area contributed by atoms with Gasteiger partial charge in [-0.2, -0.15) is 10.1 Å². The number of hydrogen-bond acceptors (Lipinski definition) is 6. The molecule has 0 radical (unpaired) electrons. The summed E-state index contributed by atoms with van der Waals surface area (Å²) in [6.45, 7) is 3.11. The molecular weight excluding hydrogens is 346 g/mol. The van der Waals surface area contributed by atoms with Crippen LogP contribution in [0, 0.1) is 0 Å². The molecule has 1 aromatic rings. The number of hydrazone groups is 1. The Balaban J connectivity index is 1.40. The summed E-state index contributed by atoms with van der Waals surface area (Å²) in [7, 11) is 0. The Morgan fingerprint density at radius 3 is 2.63 bits per heavy atom. The first-order valence-corrected chi connectivity index (χ1v) is 9.40. The van der Waals surface area contributed by atoms with Crippen molar-refractivity contribution >= 4 is 23.5 Å². The maximum Gasteiger partial charge on any atom is 0.260 e. The maximum absolute atomic E-state index is 12.1. The summed E-state index contributed by atoms with van der Waals surface area (Å²) in [5, 5.41) is 8.92. The second-order valence-corrected chi connectivity index (χ2v) is 6.79. The average molecular weight is 369 g/mol. The highest BCUT2D eigenvalue weighted by Crippen LogP contribution is 2.19. The molecule has 0 spiro atoms. The van der Waals surface area contributed by atoms with Crippen LogP contribution in [0.2, 0.25) is 0 Å². The zero-order chi connectivity index (χ0) is 18.6. The highest BCUT2D eigenvalue weighted by atomic mass is 16.5. The molecule has 3 aliphatic rings. The summed E-state index contributed by atoms with van der Waals surface area (Å²) < 4.78 is 5.62. The Morgan fingerprint density at radius 2 is 1.93 bits per heavy atom. The van der Waals surface area contributed by atoms with Crippen LogP contribution in [0.25, 0.3) is 0 Å². The van der Waals surface area contributed by atoms with Crippen molar-refractivity contribution in [1.82, 2.24) is 15.2 Å². The van der Waals surface area contributed by atoms with Gasteiger partial charge in [0.2, 0.25) is 11.9 Å². The molecule has 3 aliphatic heterocycles. The third-order valence-corrected chi connectivity index (χ3v) is 4.90. The van der Waals surface area contributed by atoms with E-state index in [1.807, 2.05) is 29.2 Å². The van der Waals surface area contributed by atoms with Crippen LogP contribution >= 0.6 is 0 Å². The molecule has 0 aromatic heterocycles. The van der Waals surface area contributed by atoms with Gasteiger partial charge in [-0.3, -0.25) is 9.59 Å². The molecule has 1 saturated heterocycles. The Kier molecular flexibility index (Phi) is 5.04. The van der Waals surface area contributed by atoms with E-state index in [0.717, 1.165) is 43.8 Å². The van der Waals surface area contributed by atoms with Gasteiger partial charge in [0.25, 0.3) is 5.91 Å². The van der Waals surface area contributed by atoms with Gasteiger partial charge in [-0.05, 0) is 42.7 Å². The monoisotopic (exact) mass is 369 g/mol. The minimum Gasteiger partial charge on any atom is -0.484 e. The summed E-state index contributed by atoms with van der Waals surface area (Å²) in [6, 6.07) is 7.49. The third-order valence-electron chi connectivity index (χ3n) is 4.90. The van der Waals surface area contributed by atoms with E-state index in [4.69, 9.17) is 4.74 Å². The molecule has 3 heterocycles. The molecule has 1 fully saturated rings. The number of amides is 2. The Hall–Kier alpha value is -2.90. The molecular formula is C19H23N5O3. The van der Waals surface area contributed by atoms with E-state index >= 15 is 0 Å². The fourth-order valence-electron chi connectivity index (χ4n) is 3.40. The first-order chi connectivity index (χ1) is 13.2. The number of hydrogen-bond donors (Lipinski definition) is 1. The lowest BCUT2D eigenvalue weighted by Gasteiger charge is -2.23. The second kappa shape index (κ2) is 7.77. The smallest absolute Gasteiger partial charge is 0.260 e. The molecule has 0 atom stereocenters. The van der Waals surface area contributed by atoms with Gasteiger partial charge in [-0.1, -0.05) is 0 Å². The lowest BCUT2D eigenvalue weighted by atomic mass is 10.0. The SMILES string of the molecule is O=C(COc1ccc(C2=NN(C3=NCCN3)C(=O)CC2)cc1)N1CCCC1. The number of guanidine groups is 1. The van der Waals surface area contributed by atoms with Gasteiger partial charge < -0.3 is 15.0 Å². The van der Waals surface area contributed by atoms with Crippen LogP contribution < -0.4 is 10.1 Å². The van der Waals surface area contributed by atoms with Gasteiger partial charge in [-0.15, -0.1) is 0 Å². The maximum atomic E-state index is 12.1. The lowest BCUT2D eigenvalue weighted by molar-refractivity contribution is -0.132. The molecule has 8 nitrogen and oxygen atoms in total. The van der Waals surface area contributed by atoms with Crippen molar-refractivity contribution < 1.29 is 14.3 Å². The first kappa shape index (κ1) is 17.5. The van der Waals surface area contributed by atoms with Crippen molar-refractivity contribution in [3.05, 3.63) is 29.8 Å². The number of aliphatic imine (C=N–C) groups is 1. The van der Waals surface area contributed by atoms with Crippen molar-refractivity contribution in [2.45, 2.75) is 25.7 Å². The van der Waals surface area contributed by atoms with Crippen molar-refractivity contribution in [3.8, 4) is 5.75 Å². The number of rotatable bonds is 4. The highest BCUT2D eigenvalue weighted by molar-refractivity contribution is 6.08. The molecule has 1 N–H and O–H groups in total. The van der Waals surface area contributed by atoms with Crippen LogP contribution in [0.3, 0.4) is 0 Å². The number of carbonyl (C=O) groups is 2. The van der Waals surface area contributed by atoms with E-state index in [-0.39, 0.29) is 18.4 Å². The molecule has 0 bridgehead atoms. The first-order valence-electron chi connectivity index (χ1n) is 9.40. The van der Waals surface area contributed by atoms with Crippen molar-refractivity contribution in [2.75, 3.05) is 32.8 Å². The zero-order valence-electron chi connectivity index (χ0n) is 15.2. The third kappa shape index (κ3) is 3.94. The summed E-state index contributed by atoms with van der Waals surface area (Å²) >= 11 is 0. The molecule has 0 unspecified atom stereocenters. The molecule has 0 saturated carbocycles. The molecule has 0 aliphatic carbocycles. The number of nitrogens with one attached hydrogen (secondary N) is 1.